The van der Waals surface area contributed by atoms with Crippen molar-refractivity contribution >= 4 is 7.25 Å². The fourth-order valence-electron chi connectivity index (χ4n) is 0. The van der Waals surface area contributed by atoms with Crippen LogP contribution in [0.5, 0.6) is 0 Å². The summed E-state index contributed by atoms with van der Waals surface area (Å²) in [5.41, 5.74) is 4.50. The van der Waals surface area contributed by atoms with E-state index in [4.69, 9.17) is 4.91 Å². The van der Waals surface area contributed by atoms with E-state index in [2.05, 4.69) is 5.59 Å². The molecule has 8 heteroatoms. The van der Waals surface area contributed by atoms with Gasteiger partial charge in [-0.2, -0.15) is 4.91 Å². The SMILES string of the molecule is F[B-](F)(F)F.N=O.[NH4+]. The standard InChI is InChI=1S/BF4.HNO.H3N/c2-1(3,4)5;1-2;/h;1H;1H3/q-1;;/p+1. The summed E-state index contributed by atoms with van der Waals surface area (Å²) in [6, 6.07) is 0. The van der Waals surface area contributed by atoms with Gasteiger partial charge in [-0.1, -0.05) is 5.59 Å². The van der Waals surface area contributed by atoms with E-state index < -0.39 is 7.25 Å². The molecule has 0 spiro atoms. The maximum Gasteiger partial charge on any atom is 0.673 e. The van der Waals surface area contributed by atoms with Gasteiger partial charge in [0, 0.05) is 0 Å². The van der Waals surface area contributed by atoms with E-state index in [0.717, 1.165) is 0 Å². The molecule has 0 aliphatic carbocycles. The molecule has 5 N–H and O–H groups in total. The second-order valence-electron chi connectivity index (χ2n) is 0.495. The molecule has 8 heavy (non-hydrogen) atoms. The van der Waals surface area contributed by atoms with Gasteiger partial charge in [-0.05, 0) is 0 Å². The van der Waals surface area contributed by atoms with Crippen molar-refractivity contribution in [2.75, 3.05) is 0 Å². The monoisotopic (exact) mass is 136 g/mol. The first-order valence-electron chi connectivity index (χ1n) is 1.08. The van der Waals surface area contributed by atoms with Gasteiger partial charge >= 0.3 is 7.25 Å². The highest BCUT2D eigenvalue weighted by atomic mass is 19.5. The van der Waals surface area contributed by atoms with Crippen molar-refractivity contribution in [2.24, 2.45) is 0 Å². The van der Waals surface area contributed by atoms with Gasteiger partial charge in [-0.15, -0.1) is 0 Å². The first kappa shape index (κ1) is 15.7. The van der Waals surface area contributed by atoms with Crippen molar-refractivity contribution in [1.29, 1.82) is 5.59 Å². The van der Waals surface area contributed by atoms with E-state index in [-0.39, 0.29) is 6.15 Å². The summed E-state index contributed by atoms with van der Waals surface area (Å²) < 4.78 is 39.0. The Morgan fingerprint density at radius 2 is 1.00 bits per heavy atom. The average molecular weight is 136 g/mol. The number of quaternary nitrogens is 1. The molecule has 0 unspecified atom stereocenters. The molecule has 0 aromatic rings. The van der Waals surface area contributed by atoms with E-state index in [0.29, 0.717) is 0 Å². The van der Waals surface area contributed by atoms with Gasteiger partial charge in [0.2, 0.25) is 0 Å². The van der Waals surface area contributed by atoms with E-state index in [9.17, 15) is 17.3 Å². The number of nitrogens with one attached hydrogen (secondary N) is 1. The molecular formula is H5BF4N2O. The summed E-state index contributed by atoms with van der Waals surface area (Å²) in [5.74, 6) is 0. The number of hydrogen-bond acceptors (Lipinski definition) is 2. The summed E-state index contributed by atoms with van der Waals surface area (Å²) in [4.78, 5) is 7.50. The minimum absolute atomic E-state index is 0. The molecule has 0 saturated heterocycles. The lowest BCUT2D eigenvalue weighted by molar-refractivity contribution is 0.368. The molecule has 52 valence electrons. The number of hydrogen-bond donors (Lipinski definition) is 2. The van der Waals surface area contributed by atoms with Crippen molar-refractivity contribution in [3.05, 3.63) is 4.91 Å². The molecule has 0 aliphatic rings. The lowest BCUT2D eigenvalue weighted by Crippen LogP contribution is -2.02. The third-order valence-corrected chi connectivity index (χ3v) is 0. The Balaban J connectivity index is -0.0000000750. The highest BCUT2D eigenvalue weighted by Crippen LogP contribution is 2.06. The van der Waals surface area contributed by atoms with Crippen molar-refractivity contribution in [3.8, 4) is 0 Å². The third-order valence-electron chi connectivity index (χ3n) is 0. The normalized spacial score (nSPS) is 8.00. The van der Waals surface area contributed by atoms with Gasteiger partial charge in [-0.3, -0.25) is 0 Å². The Morgan fingerprint density at radius 3 is 1.00 bits per heavy atom. The largest absolute Gasteiger partial charge is 0.673 e. The first-order valence-corrected chi connectivity index (χ1v) is 1.08. The Bertz CT molecular complexity index is 37.8. The fourth-order valence-corrected chi connectivity index (χ4v) is 0. The van der Waals surface area contributed by atoms with Crippen LogP contribution in [-0.4, -0.2) is 7.25 Å². The van der Waals surface area contributed by atoms with Crippen LogP contribution >= 0.6 is 0 Å². The molecule has 0 rings (SSSR count). The summed E-state index contributed by atoms with van der Waals surface area (Å²) in [6.45, 7) is 0. The highest BCUT2D eigenvalue weighted by Gasteiger charge is 2.20. The summed E-state index contributed by atoms with van der Waals surface area (Å²) in [7, 11) is -6.00. The first-order chi connectivity index (χ1) is 3.00. The fraction of sp³-hybridized carbons (Fsp3) is 0. The zero-order valence-electron chi connectivity index (χ0n) is 4.00. The average Bonchev–Trinajstić information content (AvgIpc) is 1.36. The Morgan fingerprint density at radius 1 is 1.00 bits per heavy atom. The Kier molecular flexibility index (Phi) is 12.4. The Labute approximate surface area is 42.5 Å². The Hall–Kier alpha value is -0.655. The third kappa shape index (κ3) is 235. The van der Waals surface area contributed by atoms with E-state index >= 15 is 0 Å². The predicted octanol–water partition coefficient (Wildman–Crippen LogP) is 2.01. The maximum atomic E-state index is 9.75. The summed E-state index contributed by atoms with van der Waals surface area (Å²) in [6.07, 6.45) is 0. The van der Waals surface area contributed by atoms with E-state index in [1.54, 1.807) is 0 Å². The van der Waals surface area contributed by atoms with E-state index in [1.807, 2.05) is 0 Å². The number of nitroso groups, excluding NO2 is 1. The molecular weight excluding hydrogens is 131 g/mol. The number of rotatable bonds is 0. The zero-order chi connectivity index (χ0) is 6.50. The lowest BCUT2D eigenvalue weighted by atomic mass is 10.3. The van der Waals surface area contributed by atoms with Crippen molar-refractivity contribution in [2.45, 2.75) is 0 Å². The predicted molar refractivity (Wildman–Crippen MR) is 22.3 cm³/mol. The van der Waals surface area contributed by atoms with Crippen LogP contribution < -0.4 is 6.15 Å². The smallest absolute Gasteiger partial charge is 0.418 e. The van der Waals surface area contributed by atoms with E-state index in [1.165, 1.54) is 0 Å². The molecule has 0 bridgehead atoms. The van der Waals surface area contributed by atoms with Crippen LogP contribution in [0.4, 0.5) is 17.3 Å². The van der Waals surface area contributed by atoms with Crippen molar-refractivity contribution in [1.82, 2.24) is 6.15 Å². The van der Waals surface area contributed by atoms with Gasteiger partial charge in [0.25, 0.3) is 0 Å². The molecule has 0 saturated carbocycles. The van der Waals surface area contributed by atoms with Crippen LogP contribution in [0.1, 0.15) is 0 Å². The molecule has 0 amide bonds. The van der Waals surface area contributed by atoms with Crippen molar-refractivity contribution in [3.63, 3.8) is 0 Å². The molecule has 3 nitrogen and oxygen atoms in total. The minimum atomic E-state index is -6.00. The second kappa shape index (κ2) is 6.34. The zero-order valence-corrected chi connectivity index (χ0v) is 4.00. The summed E-state index contributed by atoms with van der Waals surface area (Å²) in [5, 5.41) is 0. The van der Waals surface area contributed by atoms with Gasteiger partial charge in [-0.25, -0.2) is 0 Å². The lowest BCUT2D eigenvalue weighted by Gasteiger charge is -1.94. The molecule has 0 radical (unpaired) electrons. The molecule has 0 heterocycles. The van der Waals surface area contributed by atoms with Gasteiger partial charge in [0.1, 0.15) is 0 Å². The molecule has 0 aliphatic heterocycles. The maximum absolute atomic E-state index is 9.75. The van der Waals surface area contributed by atoms with Gasteiger partial charge < -0.3 is 23.4 Å². The van der Waals surface area contributed by atoms with Gasteiger partial charge in [0.05, 0.1) is 0 Å². The van der Waals surface area contributed by atoms with Crippen LogP contribution in [0.2, 0.25) is 0 Å². The summed E-state index contributed by atoms with van der Waals surface area (Å²) >= 11 is 0. The molecule has 0 aromatic heterocycles. The van der Waals surface area contributed by atoms with Crippen LogP contribution in [0.3, 0.4) is 0 Å². The van der Waals surface area contributed by atoms with Gasteiger partial charge in [0.15, 0.2) is 0 Å². The topological polar surface area (TPSA) is 77.4 Å². The molecule has 0 fully saturated rings. The van der Waals surface area contributed by atoms with Crippen molar-refractivity contribution < 1.29 is 17.3 Å². The second-order valence-corrected chi connectivity index (χ2v) is 0.495. The quantitative estimate of drug-likeness (QED) is 0.298. The minimum Gasteiger partial charge on any atom is -0.418 e. The van der Waals surface area contributed by atoms with Crippen LogP contribution in [-0.2, 0) is 0 Å². The molecule has 0 atom stereocenters. The van der Waals surface area contributed by atoms with Crippen LogP contribution in [0.15, 0.2) is 0 Å². The van der Waals surface area contributed by atoms with Crippen LogP contribution in [0.25, 0.3) is 0 Å². The number of halogens is 4. The van der Waals surface area contributed by atoms with Crippen LogP contribution in [0, 0.1) is 10.5 Å². The highest BCUT2D eigenvalue weighted by molar-refractivity contribution is 6.50. The molecule has 0 aromatic carbocycles.